The molecule has 136 valence electrons. The van der Waals surface area contributed by atoms with Gasteiger partial charge in [0.25, 0.3) is 0 Å². The third-order valence-electron chi connectivity index (χ3n) is 3.72. The van der Waals surface area contributed by atoms with E-state index in [2.05, 4.69) is 10.2 Å². The lowest BCUT2D eigenvalue weighted by Crippen LogP contribution is -2.18. The Morgan fingerprint density at radius 3 is 2.46 bits per heavy atom. The highest BCUT2D eigenvalue weighted by molar-refractivity contribution is 6.36. The van der Waals surface area contributed by atoms with E-state index in [1.54, 1.807) is 31.4 Å². The maximum absolute atomic E-state index is 6.19. The van der Waals surface area contributed by atoms with Crippen LogP contribution >= 0.6 is 34.8 Å². The minimum absolute atomic E-state index is 0.357. The molecular formula is C18H16Cl3N3O2. The Labute approximate surface area is 166 Å². The normalized spacial score (nSPS) is 11.2. The van der Waals surface area contributed by atoms with Crippen LogP contribution in [0.25, 0.3) is 11.5 Å². The van der Waals surface area contributed by atoms with Crippen molar-refractivity contribution in [3.05, 3.63) is 62.9 Å². The van der Waals surface area contributed by atoms with Crippen molar-refractivity contribution in [1.82, 2.24) is 15.1 Å². The van der Waals surface area contributed by atoms with E-state index in [-0.39, 0.29) is 0 Å². The maximum atomic E-state index is 6.19. The second-order valence-corrected chi connectivity index (χ2v) is 7.03. The molecule has 0 radical (unpaired) electrons. The van der Waals surface area contributed by atoms with Gasteiger partial charge in [-0.1, -0.05) is 34.8 Å². The van der Waals surface area contributed by atoms with Crippen molar-refractivity contribution >= 4 is 34.8 Å². The molecule has 5 nitrogen and oxygen atoms in total. The highest BCUT2D eigenvalue weighted by atomic mass is 35.5. The number of aromatic nitrogens is 2. The fourth-order valence-corrected chi connectivity index (χ4v) is 3.22. The SMILES string of the molecule is COc1ccc(Cl)cc1CN(C)Cc1nnc(-c2ccc(Cl)cc2Cl)o1. The number of ether oxygens (including phenoxy) is 1. The monoisotopic (exact) mass is 411 g/mol. The highest BCUT2D eigenvalue weighted by Crippen LogP contribution is 2.30. The zero-order chi connectivity index (χ0) is 18.7. The summed E-state index contributed by atoms with van der Waals surface area (Å²) in [6.45, 7) is 1.08. The molecule has 0 aliphatic heterocycles. The first-order valence-electron chi connectivity index (χ1n) is 7.75. The number of methoxy groups -OCH3 is 1. The van der Waals surface area contributed by atoms with Gasteiger partial charge in [-0.2, -0.15) is 0 Å². The Kier molecular flexibility index (Phi) is 6.04. The van der Waals surface area contributed by atoms with Crippen molar-refractivity contribution in [3.8, 4) is 17.2 Å². The number of halogens is 3. The van der Waals surface area contributed by atoms with Crippen LogP contribution in [0.2, 0.25) is 15.1 Å². The van der Waals surface area contributed by atoms with E-state index in [1.807, 2.05) is 24.1 Å². The van der Waals surface area contributed by atoms with E-state index in [0.717, 1.165) is 11.3 Å². The van der Waals surface area contributed by atoms with Crippen LogP contribution in [0.4, 0.5) is 0 Å². The third-order valence-corrected chi connectivity index (χ3v) is 4.50. The molecule has 0 spiro atoms. The second kappa shape index (κ2) is 8.27. The van der Waals surface area contributed by atoms with Crippen molar-refractivity contribution in [2.24, 2.45) is 0 Å². The molecule has 0 amide bonds. The van der Waals surface area contributed by atoms with E-state index >= 15 is 0 Å². The van der Waals surface area contributed by atoms with Gasteiger partial charge in [0.15, 0.2) is 0 Å². The molecule has 0 bridgehead atoms. The molecule has 3 rings (SSSR count). The summed E-state index contributed by atoms with van der Waals surface area (Å²) in [7, 11) is 3.58. The average Bonchev–Trinajstić information content (AvgIpc) is 3.03. The summed E-state index contributed by atoms with van der Waals surface area (Å²) < 4.78 is 11.1. The van der Waals surface area contributed by atoms with Crippen molar-refractivity contribution in [2.45, 2.75) is 13.1 Å². The molecule has 0 N–H and O–H groups in total. The lowest BCUT2D eigenvalue weighted by molar-refractivity contribution is 0.277. The summed E-state index contributed by atoms with van der Waals surface area (Å²) in [5, 5.41) is 9.83. The minimum Gasteiger partial charge on any atom is -0.496 e. The van der Waals surface area contributed by atoms with E-state index in [1.165, 1.54) is 0 Å². The van der Waals surface area contributed by atoms with Gasteiger partial charge in [-0.05, 0) is 43.4 Å². The molecule has 0 saturated heterocycles. The van der Waals surface area contributed by atoms with Gasteiger partial charge in [-0.15, -0.1) is 10.2 Å². The summed E-state index contributed by atoms with van der Waals surface area (Å²) in [6, 6.07) is 10.6. The van der Waals surface area contributed by atoms with Crippen LogP contribution in [-0.4, -0.2) is 29.3 Å². The van der Waals surface area contributed by atoms with Gasteiger partial charge < -0.3 is 9.15 Å². The van der Waals surface area contributed by atoms with Crippen LogP contribution in [0.5, 0.6) is 5.75 Å². The van der Waals surface area contributed by atoms with Crippen molar-refractivity contribution in [3.63, 3.8) is 0 Å². The van der Waals surface area contributed by atoms with Gasteiger partial charge >= 0.3 is 0 Å². The quantitative estimate of drug-likeness (QED) is 0.547. The molecule has 26 heavy (non-hydrogen) atoms. The summed E-state index contributed by atoms with van der Waals surface area (Å²) in [5.41, 5.74) is 1.62. The number of hydrogen-bond donors (Lipinski definition) is 0. The lowest BCUT2D eigenvalue weighted by Gasteiger charge is -2.16. The molecule has 3 aromatic rings. The summed E-state index contributed by atoms with van der Waals surface area (Å²) in [5.74, 6) is 1.62. The summed E-state index contributed by atoms with van der Waals surface area (Å²) >= 11 is 18.2. The number of hydrogen-bond acceptors (Lipinski definition) is 5. The maximum Gasteiger partial charge on any atom is 0.249 e. The molecule has 1 heterocycles. The lowest BCUT2D eigenvalue weighted by atomic mass is 10.2. The van der Waals surface area contributed by atoms with E-state index in [4.69, 9.17) is 44.0 Å². The Hall–Kier alpha value is -1.79. The molecule has 0 saturated carbocycles. The van der Waals surface area contributed by atoms with Crippen molar-refractivity contribution < 1.29 is 9.15 Å². The van der Waals surface area contributed by atoms with Gasteiger partial charge in [0.2, 0.25) is 11.8 Å². The van der Waals surface area contributed by atoms with Gasteiger partial charge in [0.1, 0.15) is 5.75 Å². The molecule has 2 aromatic carbocycles. The standard InChI is InChI=1S/C18H16Cl3N3O2/c1-24(9-11-7-12(19)4-6-16(11)25-2)10-17-22-23-18(26-17)14-5-3-13(20)8-15(14)21/h3-8H,9-10H2,1-2H3. The molecule has 0 atom stereocenters. The molecular weight excluding hydrogens is 397 g/mol. The smallest absolute Gasteiger partial charge is 0.249 e. The van der Waals surface area contributed by atoms with Crippen molar-refractivity contribution in [2.75, 3.05) is 14.2 Å². The fourth-order valence-electron chi connectivity index (χ4n) is 2.54. The van der Waals surface area contributed by atoms with E-state index < -0.39 is 0 Å². The van der Waals surface area contributed by atoms with Gasteiger partial charge in [0.05, 0.1) is 24.2 Å². The molecule has 0 aliphatic rings. The average molecular weight is 413 g/mol. The molecule has 1 aromatic heterocycles. The summed E-state index contributed by atoms with van der Waals surface area (Å²) in [6.07, 6.45) is 0. The molecule has 0 unspecified atom stereocenters. The van der Waals surface area contributed by atoms with E-state index in [9.17, 15) is 0 Å². The predicted octanol–water partition coefficient (Wildman–Crippen LogP) is 5.34. The first-order chi connectivity index (χ1) is 12.5. The van der Waals surface area contributed by atoms with Crippen molar-refractivity contribution in [1.29, 1.82) is 0 Å². The second-order valence-electron chi connectivity index (χ2n) is 5.75. The Bertz CT molecular complexity index is 914. The van der Waals surface area contributed by atoms with Crippen LogP contribution in [0.3, 0.4) is 0 Å². The van der Waals surface area contributed by atoms with Crippen LogP contribution in [0.1, 0.15) is 11.5 Å². The Morgan fingerprint density at radius 1 is 1.00 bits per heavy atom. The molecule has 0 fully saturated rings. The topological polar surface area (TPSA) is 51.4 Å². The van der Waals surface area contributed by atoms with Crippen LogP contribution in [-0.2, 0) is 13.1 Å². The summed E-state index contributed by atoms with van der Waals surface area (Å²) in [4.78, 5) is 2.02. The third kappa shape index (κ3) is 4.48. The predicted molar refractivity (Wildman–Crippen MR) is 103 cm³/mol. The van der Waals surface area contributed by atoms with Gasteiger partial charge in [0, 0.05) is 22.2 Å². The number of rotatable bonds is 6. The Balaban J connectivity index is 1.72. The van der Waals surface area contributed by atoms with Gasteiger partial charge in [-0.3, -0.25) is 4.90 Å². The Morgan fingerprint density at radius 2 is 1.73 bits per heavy atom. The highest BCUT2D eigenvalue weighted by Gasteiger charge is 2.15. The zero-order valence-corrected chi connectivity index (χ0v) is 16.4. The van der Waals surface area contributed by atoms with Crippen LogP contribution in [0, 0.1) is 0 Å². The first kappa shape index (κ1) is 19.0. The molecule has 8 heteroatoms. The largest absolute Gasteiger partial charge is 0.496 e. The van der Waals surface area contributed by atoms with Crippen LogP contribution in [0.15, 0.2) is 40.8 Å². The fraction of sp³-hybridized carbons (Fsp3) is 0.222. The molecule has 0 aliphatic carbocycles. The van der Waals surface area contributed by atoms with E-state index in [0.29, 0.717) is 45.5 Å². The van der Waals surface area contributed by atoms with Gasteiger partial charge in [-0.25, -0.2) is 0 Å². The zero-order valence-electron chi connectivity index (χ0n) is 14.2. The number of nitrogens with zero attached hydrogens (tertiary/aromatic N) is 3. The minimum atomic E-state index is 0.357. The first-order valence-corrected chi connectivity index (χ1v) is 8.88. The van der Waals surface area contributed by atoms with Crippen LogP contribution < -0.4 is 4.74 Å². The number of benzene rings is 2.